The van der Waals surface area contributed by atoms with E-state index in [1.54, 1.807) is 0 Å². The Morgan fingerprint density at radius 3 is 1.18 bits per heavy atom. The predicted molar refractivity (Wildman–Crippen MR) is 118 cm³/mol. The van der Waals surface area contributed by atoms with Crippen molar-refractivity contribution in [3.8, 4) is 23.7 Å². The van der Waals surface area contributed by atoms with Crippen LogP contribution in [0.2, 0.25) is 0 Å². The van der Waals surface area contributed by atoms with E-state index in [0.717, 1.165) is 11.1 Å². The molecular weight excluding hydrogens is 336 g/mol. The summed E-state index contributed by atoms with van der Waals surface area (Å²) in [6.07, 6.45) is 12.7. The molecule has 2 aromatic rings. The van der Waals surface area contributed by atoms with Gasteiger partial charge in [-0.25, -0.2) is 0 Å². The Kier molecular flexibility index (Phi) is 5.88. The molecule has 28 heavy (non-hydrogen) atoms. The van der Waals surface area contributed by atoms with E-state index in [4.69, 9.17) is 0 Å². The van der Waals surface area contributed by atoms with Crippen molar-refractivity contribution in [2.24, 2.45) is 10.8 Å². The monoisotopic (exact) mass is 366 g/mol. The Balaban J connectivity index is 1.76. The third kappa shape index (κ3) is 4.03. The minimum absolute atomic E-state index is 0.0449. The van der Waals surface area contributed by atoms with E-state index >= 15 is 0 Å². The van der Waals surface area contributed by atoms with Crippen molar-refractivity contribution in [1.82, 2.24) is 0 Å². The summed E-state index contributed by atoms with van der Waals surface area (Å²) in [6.45, 7) is 0. The van der Waals surface area contributed by atoms with Crippen LogP contribution in [0.1, 0.15) is 75.3 Å². The van der Waals surface area contributed by atoms with Crippen LogP contribution < -0.4 is 0 Å². The average Bonchev–Trinajstić information content (AvgIpc) is 2.79. The summed E-state index contributed by atoms with van der Waals surface area (Å²) in [5.41, 5.74) is 2.36. The summed E-state index contributed by atoms with van der Waals surface area (Å²) in [5.74, 6) is 14.8. The molecule has 142 valence electrons. The fraction of sp³-hybridized carbons (Fsp3) is 0.429. The molecule has 0 heterocycles. The van der Waals surface area contributed by atoms with E-state index < -0.39 is 0 Å². The molecule has 0 spiro atoms. The van der Waals surface area contributed by atoms with Gasteiger partial charge in [0, 0.05) is 22.0 Å². The SMILES string of the molecule is C(#CC1(C2(C#Cc3ccccc3)CCCCC2)CCCCC1)c1ccccc1. The second-order valence-electron chi connectivity index (χ2n) is 8.52. The topological polar surface area (TPSA) is 0 Å². The first-order chi connectivity index (χ1) is 13.8. The van der Waals surface area contributed by atoms with Crippen LogP contribution in [-0.4, -0.2) is 0 Å². The Hall–Kier alpha value is -2.44. The molecule has 2 fully saturated rings. The second-order valence-corrected chi connectivity index (χ2v) is 8.52. The van der Waals surface area contributed by atoms with Gasteiger partial charge in [0.1, 0.15) is 0 Å². The van der Waals surface area contributed by atoms with Crippen molar-refractivity contribution < 1.29 is 0 Å². The lowest BCUT2D eigenvalue weighted by Crippen LogP contribution is -2.43. The van der Waals surface area contributed by atoms with Crippen LogP contribution in [0.15, 0.2) is 60.7 Å². The minimum atomic E-state index is 0.0449. The van der Waals surface area contributed by atoms with Crippen LogP contribution in [0.5, 0.6) is 0 Å². The lowest BCUT2D eigenvalue weighted by atomic mass is 9.52. The summed E-state index contributed by atoms with van der Waals surface area (Å²) >= 11 is 0. The highest BCUT2D eigenvalue weighted by Crippen LogP contribution is 2.56. The highest BCUT2D eigenvalue weighted by Gasteiger charge is 2.50. The summed E-state index contributed by atoms with van der Waals surface area (Å²) in [6, 6.07) is 21.0. The zero-order valence-electron chi connectivity index (χ0n) is 16.8. The zero-order chi connectivity index (χ0) is 19.1. The van der Waals surface area contributed by atoms with Crippen LogP contribution in [0.4, 0.5) is 0 Å². The van der Waals surface area contributed by atoms with E-state index in [1.807, 2.05) is 0 Å². The third-order valence-corrected chi connectivity index (χ3v) is 6.77. The molecule has 0 aromatic heterocycles. The molecule has 0 radical (unpaired) electrons. The van der Waals surface area contributed by atoms with Crippen LogP contribution in [0.3, 0.4) is 0 Å². The summed E-state index contributed by atoms with van der Waals surface area (Å²) in [7, 11) is 0. The lowest BCUT2D eigenvalue weighted by molar-refractivity contribution is 0.0668. The quantitative estimate of drug-likeness (QED) is 0.477. The van der Waals surface area contributed by atoms with E-state index in [2.05, 4.69) is 84.3 Å². The number of rotatable bonds is 1. The number of hydrogen-bond acceptors (Lipinski definition) is 0. The van der Waals surface area contributed by atoms with Crippen molar-refractivity contribution in [3.05, 3.63) is 71.8 Å². The maximum atomic E-state index is 3.85. The van der Waals surface area contributed by atoms with Gasteiger partial charge in [-0.1, -0.05) is 98.6 Å². The third-order valence-electron chi connectivity index (χ3n) is 6.77. The predicted octanol–water partition coefficient (Wildman–Crippen LogP) is 6.99. The molecule has 0 N–H and O–H groups in total. The molecule has 0 saturated heterocycles. The average molecular weight is 367 g/mol. The molecule has 0 bridgehead atoms. The van der Waals surface area contributed by atoms with Gasteiger partial charge in [-0.15, -0.1) is 0 Å². The first-order valence-corrected chi connectivity index (χ1v) is 11.0. The molecule has 2 aliphatic rings. The molecule has 2 saturated carbocycles. The van der Waals surface area contributed by atoms with Crippen molar-refractivity contribution in [2.45, 2.75) is 64.2 Å². The normalized spacial score (nSPS) is 20.1. The van der Waals surface area contributed by atoms with Crippen LogP contribution in [0.25, 0.3) is 0 Å². The van der Waals surface area contributed by atoms with Gasteiger partial charge in [-0.3, -0.25) is 0 Å². The van der Waals surface area contributed by atoms with E-state index in [9.17, 15) is 0 Å². The fourth-order valence-corrected chi connectivity index (χ4v) is 5.18. The molecule has 2 aromatic carbocycles. The van der Waals surface area contributed by atoms with Gasteiger partial charge in [0.05, 0.1) is 0 Å². The van der Waals surface area contributed by atoms with Crippen LogP contribution in [-0.2, 0) is 0 Å². The van der Waals surface area contributed by atoms with Crippen molar-refractivity contribution in [2.75, 3.05) is 0 Å². The van der Waals surface area contributed by atoms with E-state index in [0.29, 0.717) is 0 Å². The Morgan fingerprint density at radius 2 is 0.821 bits per heavy atom. The number of benzene rings is 2. The molecule has 0 aliphatic heterocycles. The smallest absolute Gasteiger partial charge is 0.0483 e. The summed E-state index contributed by atoms with van der Waals surface area (Å²) in [5, 5.41) is 0. The highest BCUT2D eigenvalue weighted by atomic mass is 14.5. The maximum Gasteiger partial charge on any atom is 0.0483 e. The van der Waals surface area contributed by atoms with Gasteiger partial charge in [0.25, 0.3) is 0 Å². The van der Waals surface area contributed by atoms with Gasteiger partial charge in [-0.2, -0.15) is 0 Å². The number of hydrogen-bond donors (Lipinski definition) is 0. The Labute approximate surface area is 170 Å². The van der Waals surface area contributed by atoms with Gasteiger partial charge < -0.3 is 0 Å². The molecule has 0 amide bonds. The second kappa shape index (κ2) is 8.71. The molecule has 2 aliphatic carbocycles. The molecule has 0 nitrogen and oxygen atoms in total. The fourth-order valence-electron chi connectivity index (χ4n) is 5.18. The van der Waals surface area contributed by atoms with Gasteiger partial charge >= 0.3 is 0 Å². The van der Waals surface area contributed by atoms with Gasteiger partial charge in [0.2, 0.25) is 0 Å². The Bertz CT molecular complexity index is 794. The Morgan fingerprint density at radius 1 is 0.464 bits per heavy atom. The standard InChI is InChI=1S/C28H30/c1-5-13-25(14-6-1)17-23-27(19-9-3-10-20-27)28(21-11-4-12-22-28)24-18-26-15-7-2-8-16-26/h1-2,5-8,13-16H,3-4,9-12,19-22H2. The van der Waals surface area contributed by atoms with Crippen molar-refractivity contribution in [3.63, 3.8) is 0 Å². The first-order valence-electron chi connectivity index (χ1n) is 11.0. The molecule has 0 atom stereocenters. The molecule has 4 rings (SSSR count). The maximum absolute atomic E-state index is 3.85. The van der Waals surface area contributed by atoms with Crippen molar-refractivity contribution in [1.29, 1.82) is 0 Å². The molecule has 0 unspecified atom stereocenters. The largest absolute Gasteiger partial charge is 0.0895 e. The van der Waals surface area contributed by atoms with Gasteiger partial charge in [0.15, 0.2) is 0 Å². The minimum Gasteiger partial charge on any atom is -0.0895 e. The summed E-state index contributed by atoms with van der Waals surface area (Å²) in [4.78, 5) is 0. The van der Waals surface area contributed by atoms with E-state index in [1.165, 1.54) is 64.2 Å². The van der Waals surface area contributed by atoms with Gasteiger partial charge in [-0.05, 0) is 49.9 Å². The zero-order valence-corrected chi connectivity index (χ0v) is 16.8. The van der Waals surface area contributed by atoms with Crippen LogP contribution in [0, 0.1) is 34.5 Å². The molecule has 0 heteroatoms. The first kappa shape index (κ1) is 18.9. The molecular formula is C28H30. The van der Waals surface area contributed by atoms with E-state index in [-0.39, 0.29) is 10.8 Å². The lowest BCUT2D eigenvalue weighted by Gasteiger charge is -2.49. The van der Waals surface area contributed by atoms with Crippen LogP contribution >= 0.6 is 0 Å². The highest BCUT2D eigenvalue weighted by molar-refractivity contribution is 5.41. The van der Waals surface area contributed by atoms with Crippen molar-refractivity contribution >= 4 is 0 Å². The summed E-state index contributed by atoms with van der Waals surface area (Å²) < 4.78 is 0.